The van der Waals surface area contributed by atoms with E-state index in [0.717, 1.165) is 18.9 Å². The van der Waals surface area contributed by atoms with Gasteiger partial charge in [0.25, 0.3) is 25.8 Å². The van der Waals surface area contributed by atoms with Gasteiger partial charge in [-0.05, 0) is 94.5 Å². The number of benzene rings is 3. The Hall–Kier alpha value is -3.60. The van der Waals surface area contributed by atoms with Gasteiger partial charge in [0.2, 0.25) is 0 Å². The number of unbranched alkanes of at least 4 members (excludes halogenated alkanes) is 3. The first-order chi connectivity index (χ1) is 24.4. The average molecular weight is 799 g/mol. The van der Waals surface area contributed by atoms with Crippen LogP contribution in [0, 0.1) is 6.92 Å². The first-order valence-electron chi connectivity index (χ1n) is 16.5. The maximum Gasteiger partial charge on any atom is 0.500 e. The Labute approximate surface area is 303 Å². The number of rotatable bonds is 19. The van der Waals surface area contributed by atoms with Crippen molar-refractivity contribution in [3.63, 3.8) is 0 Å². The van der Waals surface area contributed by atoms with Gasteiger partial charge in [-0.25, -0.2) is 13.1 Å². The van der Waals surface area contributed by atoms with Crippen molar-refractivity contribution in [3.8, 4) is 5.69 Å². The summed E-state index contributed by atoms with van der Waals surface area (Å²) in [5.74, 6) is -0.0353. The molecule has 0 atom stereocenters. The summed E-state index contributed by atoms with van der Waals surface area (Å²) in [6, 6.07) is 12.0. The molecule has 0 spiro atoms. The zero-order chi connectivity index (χ0) is 38.3. The fourth-order valence-electron chi connectivity index (χ4n) is 5.57. The van der Waals surface area contributed by atoms with Crippen LogP contribution in [0.15, 0.2) is 84.3 Å². The Kier molecular flexibility index (Phi) is 13.5. The molecule has 1 heterocycles. The number of nitrogens with zero attached hydrogens (tertiary/aromatic N) is 3. The van der Waals surface area contributed by atoms with E-state index in [4.69, 9.17) is 13.3 Å². The van der Waals surface area contributed by atoms with E-state index < -0.39 is 54.2 Å². The summed E-state index contributed by atoms with van der Waals surface area (Å²) in [6.45, 7) is 8.78. The molecule has 284 valence electrons. The highest BCUT2D eigenvalue weighted by Gasteiger charge is 2.39. The van der Waals surface area contributed by atoms with Gasteiger partial charge in [0.15, 0.2) is 15.5 Å². The minimum Gasteiger partial charge on any atom is -0.374 e. The summed E-state index contributed by atoms with van der Waals surface area (Å²) in [5, 5.41) is 10.9. The molecular weight excluding hydrogens is 757 g/mol. The second kappa shape index (κ2) is 17.0. The van der Waals surface area contributed by atoms with E-state index in [2.05, 4.69) is 15.3 Å². The lowest BCUT2D eigenvalue weighted by Crippen LogP contribution is -2.45. The summed E-state index contributed by atoms with van der Waals surface area (Å²) in [4.78, 5) is 11.9. The maximum atomic E-state index is 13.3. The van der Waals surface area contributed by atoms with E-state index in [9.17, 15) is 39.2 Å². The molecule has 20 heteroatoms. The summed E-state index contributed by atoms with van der Waals surface area (Å²) in [6.07, 6.45) is 2.78. The van der Waals surface area contributed by atoms with Crippen LogP contribution in [0.5, 0.6) is 0 Å². The normalized spacial score (nSPS) is 13.0. The molecule has 0 saturated heterocycles. The van der Waals surface area contributed by atoms with Crippen molar-refractivity contribution in [1.82, 2.24) is 9.78 Å². The Morgan fingerprint density at radius 3 is 1.94 bits per heavy atom. The lowest BCUT2D eigenvalue weighted by atomic mass is 10.1. The number of hydrogen-bond acceptors (Lipinski definition) is 12. The molecule has 0 bridgehead atoms. The number of fused-ring (bicyclic) bond motifs is 1. The van der Waals surface area contributed by atoms with Gasteiger partial charge in [-0.3, -0.25) is 19.0 Å². The monoisotopic (exact) mass is 798 g/mol. The average Bonchev–Trinajstić information content (AvgIpc) is 3.36. The number of hydrogen-bond donors (Lipinski definition) is 3. The fourth-order valence-corrected chi connectivity index (χ4v) is 11.0. The van der Waals surface area contributed by atoms with E-state index in [1.807, 2.05) is 20.8 Å². The van der Waals surface area contributed by atoms with Gasteiger partial charge in [0.05, 0.1) is 32.6 Å². The van der Waals surface area contributed by atoms with Crippen LogP contribution < -0.4 is 5.56 Å². The standard InChI is InChI=1S/C32H42N4O12S3Si/c1-5-46-52(47-6-2,48-7-3)19-11-9-8-10-18-49(38,39)27-15-13-26(14-16-27)36-32(37)31(23(4)35-36)34-33-25-12-17-29-24(20-25)21-28(50(40,41)42)22-30(29)51(43,44)45/h12-17,20-22,35H,5-11,18-19H2,1-4H3,(H,40,41,42)(H,43,44,45). The van der Waals surface area contributed by atoms with E-state index in [1.54, 1.807) is 6.92 Å². The van der Waals surface area contributed by atoms with E-state index in [0.29, 0.717) is 56.2 Å². The van der Waals surface area contributed by atoms with Gasteiger partial charge in [-0.1, -0.05) is 18.9 Å². The number of aromatic amines is 1. The molecule has 0 aliphatic heterocycles. The highest BCUT2D eigenvalue weighted by atomic mass is 32.2. The van der Waals surface area contributed by atoms with Crippen molar-refractivity contribution >= 4 is 61.0 Å². The van der Waals surface area contributed by atoms with E-state index in [-0.39, 0.29) is 32.8 Å². The Morgan fingerprint density at radius 1 is 0.750 bits per heavy atom. The molecule has 4 aromatic rings. The highest BCUT2D eigenvalue weighted by Crippen LogP contribution is 2.31. The topological polar surface area (TPSA) is 233 Å². The molecule has 16 nitrogen and oxygen atoms in total. The van der Waals surface area contributed by atoms with Crippen LogP contribution in [-0.2, 0) is 43.4 Å². The lowest BCUT2D eigenvalue weighted by Gasteiger charge is -2.28. The van der Waals surface area contributed by atoms with Crippen molar-refractivity contribution in [2.45, 2.75) is 74.1 Å². The Balaban J connectivity index is 1.44. The van der Waals surface area contributed by atoms with Crippen molar-refractivity contribution in [1.29, 1.82) is 0 Å². The molecule has 0 saturated carbocycles. The van der Waals surface area contributed by atoms with Crippen LogP contribution in [-0.4, -0.2) is 78.5 Å². The summed E-state index contributed by atoms with van der Waals surface area (Å²) in [5.41, 5.74) is 0.104. The van der Waals surface area contributed by atoms with Gasteiger partial charge in [0, 0.05) is 31.3 Å². The SMILES string of the molecule is CCO[Si](CCCCCCS(=O)(=O)c1ccc(-n2[nH]c(C)c(N=Nc3ccc4c(S(=O)(=O)O)cc(S(=O)(=O)O)cc4c3)c2=O)cc1)(OCC)OCC. The Bertz CT molecular complexity index is 2290. The second-order valence-electron chi connectivity index (χ2n) is 11.7. The predicted octanol–water partition coefficient (Wildman–Crippen LogP) is 5.92. The maximum absolute atomic E-state index is 13.3. The fraction of sp³-hybridized carbons (Fsp3) is 0.406. The van der Waals surface area contributed by atoms with Crippen molar-refractivity contribution < 1.29 is 47.6 Å². The summed E-state index contributed by atoms with van der Waals surface area (Å²) < 4.78 is 111. The van der Waals surface area contributed by atoms with E-state index in [1.165, 1.54) is 47.1 Å². The minimum absolute atomic E-state index is 0.00235. The molecule has 4 rings (SSSR count). The molecular formula is C32H42N4O12S3Si. The number of H-pyrrole nitrogens is 1. The Morgan fingerprint density at radius 2 is 1.37 bits per heavy atom. The molecule has 0 aliphatic carbocycles. The first-order valence-corrected chi connectivity index (χ1v) is 22.9. The quantitative estimate of drug-likeness (QED) is 0.0434. The zero-order valence-corrected chi connectivity index (χ0v) is 32.6. The van der Waals surface area contributed by atoms with Crippen LogP contribution in [0.25, 0.3) is 16.5 Å². The number of azo groups is 1. The molecule has 3 N–H and O–H groups in total. The van der Waals surface area contributed by atoms with Crippen molar-refractivity contribution in [3.05, 3.63) is 70.6 Å². The first kappa shape index (κ1) is 41.2. The van der Waals surface area contributed by atoms with Crippen molar-refractivity contribution in [2.24, 2.45) is 10.2 Å². The predicted molar refractivity (Wildman–Crippen MR) is 195 cm³/mol. The molecule has 0 radical (unpaired) electrons. The van der Waals surface area contributed by atoms with Gasteiger partial charge in [0.1, 0.15) is 4.90 Å². The summed E-state index contributed by atoms with van der Waals surface area (Å²) >= 11 is 0. The number of sulfone groups is 1. The molecule has 0 amide bonds. The molecule has 0 fully saturated rings. The van der Waals surface area contributed by atoms with Gasteiger partial charge in [-0.15, -0.1) is 5.11 Å². The van der Waals surface area contributed by atoms with Crippen LogP contribution in [0.4, 0.5) is 11.4 Å². The third-order valence-electron chi connectivity index (χ3n) is 7.95. The highest BCUT2D eigenvalue weighted by molar-refractivity contribution is 7.91. The van der Waals surface area contributed by atoms with Gasteiger partial charge >= 0.3 is 8.80 Å². The van der Waals surface area contributed by atoms with Gasteiger partial charge < -0.3 is 13.3 Å². The minimum atomic E-state index is -4.86. The van der Waals surface area contributed by atoms with E-state index >= 15 is 0 Å². The number of aromatic nitrogens is 2. The van der Waals surface area contributed by atoms with Crippen LogP contribution in [0.2, 0.25) is 6.04 Å². The van der Waals surface area contributed by atoms with Crippen molar-refractivity contribution in [2.75, 3.05) is 25.6 Å². The molecule has 0 unspecified atom stereocenters. The van der Waals surface area contributed by atoms with Crippen LogP contribution in [0.1, 0.15) is 52.1 Å². The third kappa shape index (κ3) is 10.1. The number of aryl methyl sites for hydroxylation is 1. The lowest BCUT2D eigenvalue weighted by molar-refractivity contribution is 0.0706. The molecule has 0 aliphatic rings. The van der Waals surface area contributed by atoms with Crippen LogP contribution in [0.3, 0.4) is 0 Å². The molecule has 52 heavy (non-hydrogen) atoms. The smallest absolute Gasteiger partial charge is 0.374 e. The van der Waals surface area contributed by atoms with Crippen LogP contribution >= 0.6 is 0 Å². The third-order valence-corrected chi connectivity index (χ3v) is 14.6. The molecule has 3 aromatic carbocycles. The van der Waals surface area contributed by atoms with Gasteiger partial charge in [-0.2, -0.15) is 21.9 Å². The largest absolute Gasteiger partial charge is 0.500 e. The molecule has 1 aromatic heterocycles. The zero-order valence-electron chi connectivity index (χ0n) is 29.1. The summed E-state index contributed by atoms with van der Waals surface area (Å²) in [7, 11) is -16.0. The second-order valence-corrected chi connectivity index (χ2v) is 19.3. The number of nitrogens with one attached hydrogen (secondary N) is 1.